The van der Waals surface area contributed by atoms with Gasteiger partial charge in [0.05, 0.1) is 19.3 Å². The molecule has 4 heterocycles. The number of hydrogen-bond acceptors (Lipinski definition) is 4. The summed E-state index contributed by atoms with van der Waals surface area (Å²) in [5, 5.41) is 0.774. The molecule has 5 nitrogen and oxygen atoms in total. The molecule has 0 radical (unpaired) electrons. The zero-order valence-corrected chi connectivity index (χ0v) is 17.6. The fourth-order valence-corrected chi connectivity index (χ4v) is 5.34. The Balaban J connectivity index is 1.33. The van der Waals surface area contributed by atoms with Crippen LogP contribution in [0.5, 0.6) is 0 Å². The van der Waals surface area contributed by atoms with Crippen molar-refractivity contribution in [2.45, 2.75) is 38.0 Å². The second kappa shape index (κ2) is 7.88. The maximum Gasteiger partial charge on any atom is 0.255 e. The van der Waals surface area contributed by atoms with Crippen molar-refractivity contribution in [2.24, 2.45) is 5.92 Å². The molecule has 29 heavy (non-hydrogen) atoms. The van der Waals surface area contributed by atoms with Crippen molar-refractivity contribution >= 4 is 11.6 Å². The van der Waals surface area contributed by atoms with Crippen LogP contribution in [0.25, 0.3) is 0 Å². The molecule has 1 aromatic carbocycles. The van der Waals surface area contributed by atoms with E-state index < -0.39 is 0 Å². The van der Waals surface area contributed by atoms with E-state index in [0.29, 0.717) is 24.4 Å². The first-order valence-electron chi connectivity index (χ1n) is 10.5. The van der Waals surface area contributed by atoms with E-state index in [9.17, 15) is 4.79 Å². The number of benzene rings is 1. The SMILES string of the molecule is CN(Cc1ccccc1Cl)Cc1ccc2n(c1=O)C[C@H]1C[C@@H]2CN(C2COC2)C1. The normalized spacial score (nSPS) is 24.4. The Morgan fingerprint density at radius 1 is 1.07 bits per heavy atom. The Bertz CT molecular complexity index is 955. The van der Waals surface area contributed by atoms with Gasteiger partial charge in [0, 0.05) is 54.9 Å². The van der Waals surface area contributed by atoms with E-state index in [2.05, 4.69) is 20.4 Å². The molecular weight excluding hydrogens is 386 g/mol. The Morgan fingerprint density at radius 3 is 2.62 bits per heavy atom. The van der Waals surface area contributed by atoms with Crippen LogP contribution in [-0.4, -0.2) is 53.8 Å². The Kier molecular flexibility index (Phi) is 5.25. The summed E-state index contributed by atoms with van der Waals surface area (Å²) in [5.41, 5.74) is 3.36. The highest BCUT2D eigenvalue weighted by Crippen LogP contribution is 2.36. The summed E-state index contributed by atoms with van der Waals surface area (Å²) in [6, 6.07) is 12.7. The molecule has 0 spiro atoms. The molecule has 0 N–H and O–H groups in total. The van der Waals surface area contributed by atoms with Gasteiger partial charge in [-0.1, -0.05) is 35.9 Å². The molecule has 0 amide bonds. The van der Waals surface area contributed by atoms with Crippen molar-refractivity contribution in [2.75, 3.05) is 33.4 Å². The molecule has 5 rings (SSSR count). The third-order valence-corrected chi connectivity index (χ3v) is 7.06. The number of fused-ring (bicyclic) bond motifs is 4. The fourth-order valence-electron chi connectivity index (χ4n) is 5.14. The third kappa shape index (κ3) is 3.77. The lowest BCUT2D eigenvalue weighted by Crippen LogP contribution is -2.56. The molecule has 2 aromatic rings. The van der Waals surface area contributed by atoms with Crippen LogP contribution in [0.4, 0.5) is 0 Å². The van der Waals surface area contributed by atoms with Gasteiger partial charge in [-0.3, -0.25) is 14.6 Å². The lowest BCUT2D eigenvalue weighted by atomic mass is 9.82. The second-order valence-corrected chi connectivity index (χ2v) is 9.31. The van der Waals surface area contributed by atoms with E-state index >= 15 is 0 Å². The number of aromatic nitrogens is 1. The summed E-state index contributed by atoms with van der Waals surface area (Å²) in [5.74, 6) is 1.03. The number of rotatable bonds is 5. The van der Waals surface area contributed by atoms with Crippen LogP contribution in [0.2, 0.25) is 5.02 Å². The monoisotopic (exact) mass is 413 g/mol. The number of halogens is 1. The summed E-state index contributed by atoms with van der Waals surface area (Å²) in [7, 11) is 2.04. The van der Waals surface area contributed by atoms with Crippen LogP contribution in [0.15, 0.2) is 41.2 Å². The zero-order valence-electron chi connectivity index (χ0n) is 16.9. The molecule has 1 aromatic heterocycles. The van der Waals surface area contributed by atoms with Gasteiger partial charge >= 0.3 is 0 Å². The topological polar surface area (TPSA) is 37.7 Å². The standard InChI is InChI=1S/C23H28ClN3O2/c1-25(11-17-4-2-3-5-21(17)24)12-18-6-7-22-19-8-16(10-27(22)23(18)28)9-26(13-19)20-14-29-15-20/h2-7,16,19-20H,8-15H2,1H3/t16-,19+/m0/s1. The lowest BCUT2D eigenvalue weighted by molar-refractivity contribution is -0.0827. The van der Waals surface area contributed by atoms with Crippen molar-refractivity contribution in [3.63, 3.8) is 0 Å². The smallest absolute Gasteiger partial charge is 0.255 e. The van der Waals surface area contributed by atoms with Crippen LogP contribution < -0.4 is 5.56 Å². The highest BCUT2D eigenvalue weighted by molar-refractivity contribution is 6.31. The molecule has 0 unspecified atom stereocenters. The van der Waals surface area contributed by atoms with Gasteiger partial charge in [0.1, 0.15) is 0 Å². The minimum atomic E-state index is 0.184. The van der Waals surface area contributed by atoms with E-state index in [4.69, 9.17) is 16.3 Å². The highest BCUT2D eigenvalue weighted by atomic mass is 35.5. The summed E-state index contributed by atoms with van der Waals surface area (Å²) in [6.45, 7) is 6.07. The van der Waals surface area contributed by atoms with Gasteiger partial charge in [0.15, 0.2) is 0 Å². The summed E-state index contributed by atoms with van der Waals surface area (Å²) in [4.78, 5) is 18.0. The van der Waals surface area contributed by atoms with Crippen LogP contribution in [0.3, 0.4) is 0 Å². The van der Waals surface area contributed by atoms with Crippen molar-refractivity contribution in [1.29, 1.82) is 0 Å². The van der Waals surface area contributed by atoms with E-state index in [1.54, 1.807) is 0 Å². The van der Waals surface area contributed by atoms with Crippen molar-refractivity contribution in [3.8, 4) is 0 Å². The van der Waals surface area contributed by atoms with Gasteiger partial charge in [-0.25, -0.2) is 0 Å². The van der Waals surface area contributed by atoms with Crippen LogP contribution >= 0.6 is 11.6 Å². The number of pyridine rings is 1. The number of likely N-dealkylation sites (tertiary alicyclic amines) is 1. The van der Waals surface area contributed by atoms with Gasteiger partial charge in [-0.15, -0.1) is 0 Å². The minimum Gasteiger partial charge on any atom is -0.378 e. The van der Waals surface area contributed by atoms with Gasteiger partial charge in [-0.05, 0) is 37.1 Å². The first-order chi connectivity index (χ1) is 14.1. The van der Waals surface area contributed by atoms with Crippen LogP contribution in [0, 0.1) is 5.92 Å². The fraction of sp³-hybridized carbons (Fsp3) is 0.522. The summed E-state index contributed by atoms with van der Waals surface area (Å²) < 4.78 is 7.45. The molecule has 0 saturated carbocycles. The van der Waals surface area contributed by atoms with Gasteiger partial charge in [-0.2, -0.15) is 0 Å². The first-order valence-corrected chi connectivity index (χ1v) is 10.9. The zero-order chi connectivity index (χ0) is 20.0. The molecule has 3 aliphatic rings. The van der Waals surface area contributed by atoms with E-state index in [-0.39, 0.29) is 5.56 Å². The summed E-state index contributed by atoms with van der Waals surface area (Å²) in [6.07, 6.45) is 1.20. The van der Waals surface area contributed by atoms with Crippen LogP contribution in [-0.2, 0) is 24.4 Å². The maximum atomic E-state index is 13.3. The quantitative estimate of drug-likeness (QED) is 0.755. The minimum absolute atomic E-state index is 0.184. The third-order valence-electron chi connectivity index (χ3n) is 6.69. The highest BCUT2D eigenvalue weighted by Gasteiger charge is 2.39. The molecule has 2 bridgehead atoms. The average molecular weight is 414 g/mol. The molecule has 2 fully saturated rings. The van der Waals surface area contributed by atoms with Crippen LogP contribution in [0.1, 0.15) is 29.2 Å². The predicted molar refractivity (Wildman–Crippen MR) is 114 cm³/mol. The number of ether oxygens (including phenoxy) is 1. The van der Waals surface area contributed by atoms with Gasteiger partial charge in [0.2, 0.25) is 0 Å². The molecular formula is C23H28ClN3O2. The second-order valence-electron chi connectivity index (χ2n) is 8.91. The predicted octanol–water partition coefficient (Wildman–Crippen LogP) is 2.95. The molecule has 2 atom stereocenters. The molecule has 2 saturated heterocycles. The van der Waals surface area contributed by atoms with Crippen molar-refractivity contribution in [3.05, 3.63) is 68.6 Å². The van der Waals surface area contributed by atoms with E-state index in [1.165, 1.54) is 12.1 Å². The first kappa shape index (κ1) is 19.3. The number of piperidine rings is 1. The Labute approximate surface area is 176 Å². The molecule has 3 aliphatic heterocycles. The summed E-state index contributed by atoms with van der Waals surface area (Å²) >= 11 is 6.30. The molecule has 6 heteroatoms. The Morgan fingerprint density at radius 2 is 1.86 bits per heavy atom. The lowest BCUT2D eigenvalue weighted by Gasteiger charge is -2.47. The maximum absolute atomic E-state index is 13.3. The average Bonchev–Trinajstić information content (AvgIpc) is 2.65. The molecule has 154 valence electrons. The number of hydrogen-bond donors (Lipinski definition) is 0. The number of nitrogens with zero attached hydrogens (tertiary/aromatic N) is 3. The van der Waals surface area contributed by atoms with Crippen molar-refractivity contribution < 1.29 is 4.74 Å². The van der Waals surface area contributed by atoms with E-state index in [1.807, 2.05) is 37.4 Å². The van der Waals surface area contributed by atoms with E-state index in [0.717, 1.165) is 55.5 Å². The van der Waals surface area contributed by atoms with Crippen molar-refractivity contribution in [1.82, 2.24) is 14.4 Å². The van der Waals surface area contributed by atoms with Gasteiger partial charge in [0.25, 0.3) is 5.56 Å². The largest absolute Gasteiger partial charge is 0.378 e. The Hall–Kier alpha value is -1.66. The van der Waals surface area contributed by atoms with Gasteiger partial charge < -0.3 is 9.30 Å². The molecule has 0 aliphatic carbocycles.